The highest BCUT2D eigenvalue weighted by Gasteiger charge is 2.38. The first-order valence-corrected chi connectivity index (χ1v) is 11.5. The summed E-state index contributed by atoms with van der Waals surface area (Å²) in [5, 5.41) is 13.3. The molecule has 3 aromatic rings. The maximum atomic E-state index is 13.4. The van der Waals surface area contributed by atoms with Gasteiger partial charge in [-0.1, -0.05) is 11.6 Å². The Morgan fingerprint density at radius 3 is 2.51 bits per heavy atom. The highest BCUT2D eigenvalue weighted by Crippen LogP contribution is 2.36. The topological polar surface area (TPSA) is 141 Å². The molecule has 1 aliphatic heterocycles. The second kappa shape index (κ2) is 10.5. The van der Waals surface area contributed by atoms with Crippen molar-refractivity contribution in [3.63, 3.8) is 0 Å². The fourth-order valence-corrected chi connectivity index (χ4v) is 3.80. The van der Waals surface area contributed by atoms with E-state index in [0.717, 1.165) is 4.90 Å². The summed E-state index contributed by atoms with van der Waals surface area (Å²) in [4.78, 5) is 50.0. The number of rotatable bonds is 8. The van der Waals surface area contributed by atoms with Crippen molar-refractivity contribution in [2.75, 3.05) is 18.1 Å². The number of hydrogen-bond acceptors (Lipinski definition) is 8. The van der Waals surface area contributed by atoms with Gasteiger partial charge in [-0.2, -0.15) is 0 Å². The van der Waals surface area contributed by atoms with Crippen molar-refractivity contribution < 1.29 is 33.2 Å². The predicted octanol–water partition coefficient (Wildman–Crippen LogP) is 4.97. The van der Waals surface area contributed by atoms with Gasteiger partial charge in [0.25, 0.3) is 17.5 Å². The van der Waals surface area contributed by atoms with Crippen LogP contribution in [0.15, 0.2) is 58.5 Å². The number of furan rings is 1. The largest absolute Gasteiger partial charge is 0.494 e. The highest BCUT2D eigenvalue weighted by atomic mass is 35.5. The van der Waals surface area contributed by atoms with Crippen LogP contribution in [0.1, 0.15) is 19.6 Å². The van der Waals surface area contributed by atoms with Crippen molar-refractivity contribution in [1.82, 2.24) is 5.32 Å². The van der Waals surface area contributed by atoms with Gasteiger partial charge in [-0.3, -0.25) is 25.0 Å². The lowest BCUT2D eigenvalue weighted by Gasteiger charge is -2.28. The zero-order valence-corrected chi connectivity index (χ0v) is 20.4. The predicted molar refractivity (Wildman–Crippen MR) is 134 cm³/mol. The van der Waals surface area contributed by atoms with Gasteiger partial charge in [0.2, 0.25) is 0 Å². The van der Waals surface area contributed by atoms with Gasteiger partial charge in [-0.05, 0) is 56.3 Å². The Kier molecular flexibility index (Phi) is 7.25. The molecule has 1 aliphatic rings. The van der Waals surface area contributed by atoms with Crippen LogP contribution in [0.5, 0.6) is 11.5 Å². The number of barbiturate groups is 1. The minimum Gasteiger partial charge on any atom is -0.494 e. The first kappa shape index (κ1) is 25.5. The average molecular weight is 526 g/mol. The summed E-state index contributed by atoms with van der Waals surface area (Å²) in [6.07, 6.45) is 1.18. The minimum atomic E-state index is -0.949. The zero-order chi connectivity index (χ0) is 26.7. The molecule has 11 nitrogen and oxygen atoms in total. The fraction of sp³-hybridized carbons (Fsp3) is 0.160. The van der Waals surface area contributed by atoms with E-state index in [1.165, 1.54) is 42.5 Å². The van der Waals surface area contributed by atoms with E-state index in [0.29, 0.717) is 17.9 Å². The van der Waals surface area contributed by atoms with Crippen LogP contribution in [0.2, 0.25) is 5.02 Å². The van der Waals surface area contributed by atoms with Crippen molar-refractivity contribution in [1.29, 1.82) is 0 Å². The summed E-state index contributed by atoms with van der Waals surface area (Å²) >= 11 is 5.87. The van der Waals surface area contributed by atoms with Crippen LogP contribution in [0.25, 0.3) is 17.4 Å². The molecule has 0 saturated carbocycles. The van der Waals surface area contributed by atoms with Crippen LogP contribution in [0.4, 0.5) is 16.2 Å². The number of urea groups is 1. The molecule has 0 radical (unpaired) electrons. The Bertz CT molecular complexity index is 1450. The first-order chi connectivity index (χ1) is 17.7. The number of anilines is 1. The van der Waals surface area contributed by atoms with E-state index >= 15 is 0 Å². The standard InChI is InChI=1S/C25H20ClN3O8/c1-3-35-15-6-10-22(36-4-2)20(13-15)28-24(31)17(23(30)27-25(28)32)12-16-7-9-21(37-16)14-5-8-18(26)19(11-14)29(33)34/h5-13H,3-4H2,1-2H3,(H,27,30,32)/b17-12-. The molecule has 37 heavy (non-hydrogen) atoms. The molecule has 0 aliphatic carbocycles. The van der Waals surface area contributed by atoms with Crippen LogP contribution in [-0.2, 0) is 9.59 Å². The molecular formula is C25H20ClN3O8. The van der Waals surface area contributed by atoms with Gasteiger partial charge in [-0.15, -0.1) is 0 Å². The number of carbonyl (C=O) groups is 3. The number of carbonyl (C=O) groups excluding carboxylic acids is 3. The Labute approximate surface area is 215 Å². The van der Waals surface area contributed by atoms with Gasteiger partial charge < -0.3 is 13.9 Å². The molecule has 1 saturated heterocycles. The Morgan fingerprint density at radius 1 is 1.05 bits per heavy atom. The zero-order valence-electron chi connectivity index (χ0n) is 19.6. The van der Waals surface area contributed by atoms with Crippen LogP contribution in [0, 0.1) is 10.1 Å². The van der Waals surface area contributed by atoms with E-state index < -0.39 is 22.8 Å². The smallest absolute Gasteiger partial charge is 0.336 e. The number of halogens is 1. The maximum absolute atomic E-state index is 13.4. The average Bonchev–Trinajstić information content (AvgIpc) is 3.32. The number of benzene rings is 2. The molecule has 1 N–H and O–H groups in total. The molecule has 0 unspecified atom stereocenters. The second-order valence-corrected chi connectivity index (χ2v) is 7.99. The van der Waals surface area contributed by atoms with Gasteiger partial charge in [0.1, 0.15) is 33.6 Å². The van der Waals surface area contributed by atoms with Gasteiger partial charge >= 0.3 is 6.03 Å². The van der Waals surface area contributed by atoms with Crippen molar-refractivity contribution in [3.8, 4) is 22.8 Å². The number of nitrogens with zero attached hydrogens (tertiary/aromatic N) is 2. The van der Waals surface area contributed by atoms with Crippen molar-refractivity contribution in [2.45, 2.75) is 13.8 Å². The maximum Gasteiger partial charge on any atom is 0.336 e. The quantitative estimate of drug-likeness (QED) is 0.188. The second-order valence-electron chi connectivity index (χ2n) is 7.58. The van der Waals surface area contributed by atoms with Gasteiger partial charge in [0, 0.05) is 17.7 Å². The van der Waals surface area contributed by atoms with Crippen molar-refractivity contribution in [3.05, 3.63) is 75.0 Å². The van der Waals surface area contributed by atoms with Crippen LogP contribution < -0.4 is 19.7 Å². The molecule has 2 aromatic carbocycles. The molecule has 0 atom stereocenters. The van der Waals surface area contributed by atoms with E-state index in [1.807, 2.05) is 0 Å². The molecule has 1 fully saturated rings. The van der Waals surface area contributed by atoms with E-state index in [1.54, 1.807) is 26.0 Å². The first-order valence-electron chi connectivity index (χ1n) is 11.1. The third-order valence-electron chi connectivity index (χ3n) is 5.22. The third kappa shape index (κ3) is 5.16. The van der Waals surface area contributed by atoms with Crippen LogP contribution in [0.3, 0.4) is 0 Å². The number of nitro groups is 1. The summed E-state index contributed by atoms with van der Waals surface area (Å²) < 4.78 is 16.8. The molecule has 12 heteroatoms. The molecule has 4 rings (SSSR count). The van der Waals surface area contributed by atoms with Crippen LogP contribution >= 0.6 is 11.6 Å². The van der Waals surface area contributed by atoms with Gasteiger partial charge in [0.15, 0.2) is 0 Å². The number of amides is 4. The van der Waals surface area contributed by atoms with E-state index in [4.69, 9.17) is 25.5 Å². The summed E-state index contributed by atoms with van der Waals surface area (Å²) in [5.41, 5.74) is -0.203. The molecule has 1 aromatic heterocycles. The number of nitro benzene ring substituents is 1. The highest BCUT2D eigenvalue weighted by molar-refractivity contribution is 6.39. The van der Waals surface area contributed by atoms with Crippen molar-refractivity contribution >= 4 is 46.9 Å². The fourth-order valence-electron chi connectivity index (χ4n) is 3.62. The molecule has 4 amide bonds. The molecular weight excluding hydrogens is 506 g/mol. The lowest BCUT2D eigenvalue weighted by Crippen LogP contribution is -2.54. The molecule has 0 bridgehead atoms. The summed E-state index contributed by atoms with van der Waals surface area (Å²) in [5.74, 6) is -0.821. The van der Waals surface area contributed by atoms with Crippen molar-refractivity contribution in [2.24, 2.45) is 0 Å². The third-order valence-corrected chi connectivity index (χ3v) is 5.54. The monoisotopic (exact) mass is 525 g/mol. The van der Waals surface area contributed by atoms with E-state index in [2.05, 4.69) is 5.32 Å². The lowest BCUT2D eigenvalue weighted by atomic mass is 10.1. The normalized spacial score (nSPS) is 14.6. The van der Waals surface area contributed by atoms with Gasteiger partial charge in [-0.25, -0.2) is 9.69 Å². The number of ether oxygens (including phenoxy) is 2. The van der Waals surface area contributed by atoms with Crippen LogP contribution in [-0.4, -0.2) is 36.0 Å². The molecule has 2 heterocycles. The number of hydrogen-bond donors (Lipinski definition) is 1. The Balaban J connectivity index is 1.70. The molecule has 190 valence electrons. The minimum absolute atomic E-state index is 0.0308. The number of nitrogens with one attached hydrogen (secondary N) is 1. The number of imide groups is 2. The summed E-state index contributed by atoms with van der Waals surface area (Å²) in [6.45, 7) is 4.16. The summed E-state index contributed by atoms with van der Waals surface area (Å²) in [7, 11) is 0. The summed E-state index contributed by atoms with van der Waals surface area (Å²) in [6, 6.07) is 10.9. The van der Waals surface area contributed by atoms with E-state index in [9.17, 15) is 24.5 Å². The van der Waals surface area contributed by atoms with Gasteiger partial charge in [0.05, 0.1) is 23.8 Å². The lowest BCUT2D eigenvalue weighted by molar-refractivity contribution is -0.384. The Morgan fingerprint density at radius 2 is 1.81 bits per heavy atom. The van der Waals surface area contributed by atoms with E-state index in [-0.39, 0.29) is 45.8 Å². The molecule has 0 spiro atoms. The Hall–Kier alpha value is -4.64. The SMILES string of the molecule is CCOc1ccc(OCC)c(N2C(=O)NC(=O)/C(=C/c3ccc(-c4ccc(Cl)c([N+](=O)[O-])c4)o3)C2=O)c1.